The number of halogens is 1. The number of rotatable bonds is 5. The van der Waals surface area contributed by atoms with E-state index < -0.39 is 0 Å². The Kier molecular flexibility index (Phi) is 4.06. The maximum Gasteiger partial charge on any atom is 0.143 e. The van der Waals surface area contributed by atoms with Crippen LogP contribution < -0.4 is 4.74 Å². The number of aromatic nitrogens is 3. The number of fused-ring (bicyclic) bond motifs is 1. The number of para-hydroxylation sites is 2. The Morgan fingerprint density at radius 2 is 2.10 bits per heavy atom. The Hall–Kier alpha value is -2.07. The standard InChI is InChI=1S/C16H16ClN3O/c1-2-21-15-6-4-3-5-14(15)20-13-8-10-18-11-12(13)19-16(20)7-9-17/h3-6,8,10-11H,2,7,9H2,1H3. The summed E-state index contributed by atoms with van der Waals surface area (Å²) in [5, 5.41) is 0. The molecule has 1 aromatic carbocycles. The number of pyridine rings is 1. The molecule has 0 aliphatic carbocycles. The van der Waals surface area contributed by atoms with E-state index in [2.05, 4.69) is 14.5 Å². The quantitative estimate of drug-likeness (QED) is 0.676. The number of nitrogens with zero attached hydrogens (tertiary/aromatic N) is 3. The normalized spacial score (nSPS) is 11.0. The largest absolute Gasteiger partial charge is 0.492 e. The zero-order valence-electron chi connectivity index (χ0n) is 11.8. The van der Waals surface area contributed by atoms with Crippen molar-refractivity contribution in [2.45, 2.75) is 13.3 Å². The average Bonchev–Trinajstić information content (AvgIpc) is 2.86. The minimum absolute atomic E-state index is 0.521. The zero-order valence-corrected chi connectivity index (χ0v) is 12.5. The molecule has 0 atom stereocenters. The summed E-state index contributed by atoms with van der Waals surface area (Å²) in [4.78, 5) is 8.78. The lowest BCUT2D eigenvalue weighted by atomic mass is 10.2. The molecule has 3 rings (SSSR count). The van der Waals surface area contributed by atoms with Crippen molar-refractivity contribution in [2.24, 2.45) is 0 Å². The molecule has 4 nitrogen and oxygen atoms in total. The first-order chi connectivity index (χ1) is 10.3. The third kappa shape index (κ3) is 2.59. The Balaban J connectivity index is 2.25. The van der Waals surface area contributed by atoms with Crippen LogP contribution in [0.3, 0.4) is 0 Å². The van der Waals surface area contributed by atoms with Crippen molar-refractivity contribution in [1.82, 2.24) is 14.5 Å². The molecule has 2 heterocycles. The van der Waals surface area contributed by atoms with Crippen molar-refractivity contribution >= 4 is 22.6 Å². The van der Waals surface area contributed by atoms with Crippen LogP contribution in [-0.4, -0.2) is 27.0 Å². The molecule has 108 valence electrons. The highest BCUT2D eigenvalue weighted by Gasteiger charge is 2.15. The molecule has 0 aliphatic rings. The molecule has 3 aromatic rings. The third-order valence-electron chi connectivity index (χ3n) is 3.25. The van der Waals surface area contributed by atoms with Gasteiger partial charge in [0.05, 0.1) is 24.0 Å². The van der Waals surface area contributed by atoms with E-state index in [0.717, 1.165) is 28.3 Å². The highest BCUT2D eigenvalue weighted by atomic mass is 35.5. The first-order valence-electron chi connectivity index (χ1n) is 6.94. The Labute approximate surface area is 128 Å². The van der Waals surface area contributed by atoms with E-state index in [4.69, 9.17) is 16.3 Å². The number of benzene rings is 1. The van der Waals surface area contributed by atoms with Crippen LogP contribution in [0.2, 0.25) is 0 Å². The van der Waals surface area contributed by atoms with Gasteiger partial charge in [-0.05, 0) is 25.1 Å². The molecule has 0 saturated carbocycles. The molecule has 5 heteroatoms. The fourth-order valence-electron chi connectivity index (χ4n) is 2.42. The second kappa shape index (κ2) is 6.14. The summed E-state index contributed by atoms with van der Waals surface area (Å²) >= 11 is 5.92. The van der Waals surface area contributed by atoms with Crippen LogP contribution in [0.15, 0.2) is 42.7 Å². The number of alkyl halides is 1. The first kappa shape index (κ1) is 13.9. The van der Waals surface area contributed by atoms with Crippen LogP contribution in [-0.2, 0) is 6.42 Å². The van der Waals surface area contributed by atoms with Crippen molar-refractivity contribution in [3.8, 4) is 11.4 Å². The van der Waals surface area contributed by atoms with Crippen molar-refractivity contribution < 1.29 is 4.74 Å². The molecule has 0 fully saturated rings. The molecule has 0 N–H and O–H groups in total. The summed E-state index contributed by atoms with van der Waals surface area (Å²) in [5.41, 5.74) is 2.86. The number of aryl methyl sites for hydroxylation is 1. The van der Waals surface area contributed by atoms with Crippen LogP contribution in [0.4, 0.5) is 0 Å². The Morgan fingerprint density at radius 1 is 1.24 bits per heavy atom. The molecule has 2 aromatic heterocycles. The Morgan fingerprint density at radius 3 is 2.90 bits per heavy atom. The van der Waals surface area contributed by atoms with Gasteiger partial charge >= 0.3 is 0 Å². The fraction of sp³-hybridized carbons (Fsp3) is 0.250. The van der Waals surface area contributed by atoms with Crippen LogP contribution >= 0.6 is 11.6 Å². The molecular weight excluding hydrogens is 286 g/mol. The van der Waals surface area contributed by atoms with Gasteiger partial charge in [-0.2, -0.15) is 0 Å². The van der Waals surface area contributed by atoms with Gasteiger partial charge in [0.2, 0.25) is 0 Å². The van der Waals surface area contributed by atoms with Crippen molar-refractivity contribution in [2.75, 3.05) is 12.5 Å². The third-order valence-corrected chi connectivity index (χ3v) is 3.44. The van der Waals surface area contributed by atoms with Gasteiger partial charge in [0, 0.05) is 18.5 Å². The van der Waals surface area contributed by atoms with Gasteiger partial charge in [0.1, 0.15) is 17.1 Å². The molecule has 0 bridgehead atoms. The smallest absolute Gasteiger partial charge is 0.143 e. The number of ether oxygens (including phenoxy) is 1. The van der Waals surface area contributed by atoms with Gasteiger partial charge in [0.25, 0.3) is 0 Å². The van der Waals surface area contributed by atoms with E-state index in [-0.39, 0.29) is 0 Å². The van der Waals surface area contributed by atoms with Crippen molar-refractivity contribution in [3.05, 3.63) is 48.5 Å². The molecule has 0 unspecified atom stereocenters. The average molecular weight is 302 g/mol. The van der Waals surface area contributed by atoms with Gasteiger partial charge in [-0.25, -0.2) is 4.98 Å². The van der Waals surface area contributed by atoms with Crippen molar-refractivity contribution in [3.63, 3.8) is 0 Å². The predicted octanol–water partition coefficient (Wildman–Crippen LogP) is 3.60. The first-order valence-corrected chi connectivity index (χ1v) is 7.48. The van der Waals surface area contributed by atoms with Gasteiger partial charge in [-0.15, -0.1) is 11.6 Å². The van der Waals surface area contributed by atoms with Crippen LogP contribution in [0, 0.1) is 0 Å². The highest BCUT2D eigenvalue weighted by molar-refractivity contribution is 6.17. The fourth-order valence-corrected chi connectivity index (χ4v) is 2.59. The molecule has 0 spiro atoms. The number of hydrogen-bond acceptors (Lipinski definition) is 3. The lowest BCUT2D eigenvalue weighted by Crippen LogP contribution is -2.05. The number of imidazole rings is 1. The molecule has 0 aliphatic heterocycles. The van der Waals surface area contributed by atoms with Gasteiger partial charge in [-0.1, -0.05) is 12.1 Å². The molecular formula is C16H16ClN3O. The van der Waals surface area contributed by atoms with E-state index in [1.54, 1.807) is 12.4 Å². The maximum absolute atomic E-state index is 5.92. The second-order valence-electron chi connectivity index (χ2n) is 4.57. The van der Waals surface area contributed by atoms with E-state index in [1.807, 2.05) is 37.3 Å². The summed E-state index contributed by atoms with van der Waals surface area (Å²) in [5.74, 6) is 2.28. The maximum atomic E-state index is 5.92. The van der Waals surface area contributed by atoms with Crippen LogP contribution in [0.25, 0.3) is 16.7 Å². The summed E-state index contributed by atoms with van der Waals surface area (Å²) in [7, 11) is 0. The summed E-state index contributed by atoms with van der Waals surface area (Å²) < 4.78 is 7.85. The highest BCUT2D eigenvalue weighted by Crippen LogP contribution is 2.28. The number of hydrogen-bond donors (Lipinski definition) is 0. The van der Waals surface area contributed by atoms with E-state index in [9.17, 15) is 0 Å². The van der Waals surface area contributed by atoms with Gasteiger partial charge in [-0.3, -0.25) is 9.55 Å². The molecule has 0 saturated heterocycles. The van der Waals surface area contributed by atoms with Crippen LogP contribution in [0.1, 0.15) is 12.7 Å². The van der Waals surface area contributed by atoms with Gasteiger partial charge in [0.15, 0.2) is 0 Å². The molecule has 0 amide bonds. The van der Waals surface area contributed by atoms with Gasteiger partial charge < -0.3 is 4.74 Å². The minimum Gasteiger partial charge on any atom is -0.492 e. The van der Waals surface area contributed by atoms with E-state index in [1.165, 1.54) is 0 Å². The predicted molar refractivity (Wildman–Crippen MR) is 84.5 cm³/mol. The lowest BCUT2D eigenvalue weighted by Gasteiger charge is -2.13. The van der Waals surface area contributed by atoms with Crippen LogP contribution in [0.5, 0.6) is 5.75 Å². The zero-order chi connectivity index (χ0) is 14.7. The summed E-state index contributed by atoms with van der Waals surface area (Å²) in [6.45, 7) is 2.60. The SMILES string of the molecule is CCOc1ccccc1-n1c(CCCl)nc2cnccc21. The topological polar surface area (TPSA) is 39.9 Å². The van der Waals surface area contributed by atoms with Crippen molar-refractivity contribution in [1.29, 1.82) is 0 Å². The molecule has 21 heavy (non-hydrogen) atoms. The minimum atomic E-state index is 0.521. The Bertz CT molecular complexity index is 754. The van der Waals surface area contributed by atoms with E-state index >= 15 is 0 Å². The molecule has 0 radical (unpaired) electrons. The summed E-state index contributed by atoms with van der Waals surface area (Å²) in [6.07, 6.45) is 4.23. The second-order valence-corrected chi connectivity index (χ2v) is 4.95. The summed E-state index contributed by atoms with van der Waals surface area (Å²) in [6, 6.07) is 9.93. The lowest BCUT2D eigenvalue weighted by molar-refractivity contribution is 0.339. The van der Waals surface area contributed by atoms with E-state index in [0.29, 0.717) is 18.9 Å². The monoisotopic (exact) mass is 301 g/mol.